The average Bonchev–Trinajstić information content (AvgIpc) is 2.85. The van der Waals surface area contributed by atoms with Crippen LogP contribution in [0.2, 0.25) is 0 Å². The van der Waals surface area contributed by atoms with E-state index >= 15 is 0 Å². The van der Waals surface area contributed by atoms with E-state index in [4.69, 9.17) is 0 Å². The topological polar surface area (TPSA) is 50.2 Å². The molecule has 118 valence electrons. The first-order valence-electron chi connectivity index (χ1n) is 7.45. The second-order valence-corrected chi connectivity index (χ2v) is 5.86. The maximum Gasteiger partial charge on any atom is 0.241 e. The SMILES string of the molecule is Cc1cnn(CC(=O)NCC(c2ccccc2C)N(C)C)c1. The van der Waals surface area contributed by atoms with Crippen molar-refractivity contribution in [2.45, 2.75) is 26.4 Å². The van der Waals surface area contributed by atoms with E-state index in [2.05, 4.69) is 34.4 Å². The van der Waals surface area contributed by atoms with Crippen molar-refractivity contribution in [2.24, 2.45) is 0 Å². The van der Waals surface area contributed by atoms with E-state index in [0.717, 1.165) is 5.56 Å². The highest BCUT2D eigenvalue weighted by molar-refractivity contribution is 5.75. The molecule has 0 spiro atoms. The molecule has 0 saturated carbocycles. The van der Waals surface area contributed by atoms with Gasteiger partial charge in [-0.05, 0) is 44.6 Å². The number of aromatic nitrogens is 2. The molecule has 1 unspecified atom stereocenters. The Bertz CT molecular complexity index is 633. The van der Waals surface area contributed by atoms with Gasteiger partial charge in [-0.2, -0.15) is 5.10 Å². The van der Waals surface area contributed by atoms with Gasteiger partial charge in [-0.3, -0.25) is 9.48 Å². The third kappa shape index (κ3) is 4.18. The van der Waals surface area contributed by atoms with Gasteiger partial charge in [0, 0.05) is 12.7 Å². The molecule has 2 aromatic rings. The van der Waals surface area contributed by atoms with Crippen LogP contribution in [0.1, 0.15) is 22.7 Å². The number of nitrogens with one attached hydrogen (secondary N) is 1. The maximum atomic E-state index is 12.1. The molecule has 0 bridgehead atoms. The Labute approximate surface area is 131 Å². The van der Waals surface area contributed by atoms with Crippen LogP contribution >= 0.6 is 0 Å². The third-order valence-corrected chi connectivity index (χ3v) is 3.73. The van der Waals surface area contributed by atoms with Crippen molar-refractivity contribution in [3.8, 4) is 0 Å². The second-order valence-electron chi connectivity index (χ2n) is 5.86. The lowest BCUT2D eigenvalue weighted by Gasteiger charge is -2.26. The summed E-state index contributed by atoms with van der Waals surface area (Å²) in [4.78, 5) is 14.2. The summed E-state index contributed by atoms with van der Waals surface area (Å²) >= 11 is 0. The van der Waals surface area contributed by atoms with E-state index in [1.54, 1.807) is 10.9 Å². The van der Waals surface area contributed by atoms with Crippen LogP contribution < -0.4 is 5.32 Å². The Balaban J connectivity index is 1.97. The molecule has 5 nitrogen and oxygen atoms in total. The van der Waals surface area contributed by atoms with Crippen LogP contribution in [0, 0.1) is 13.8 Å². The number of nitrogens with zero attached hydrogens (tertiary/aromatic N) is 3. The number of likely N-dealkylation sites (N-methyl/N-ethyl adjacent to an activating group) is 1. The van der Waals surface area contributed by atoms with Crippen LogP contribution in [0.3, 0.4) is 0 Å². The Morgan fingerprint density at radius 1 is 1.32 bits per heavy atom. The van der Waals surface area contributed by atoms with Crippen LogP contribution in [-0.4, -0.2) is 41.2 Å². The normalized spacial score (nSPS) is 12.4. The number of aryl methyl sites for hydroxylation is 2. The summed E-state index contributed by atoms with van der Waals surface area (Å²) in [7, 11) is 4.06. The molecule has 0 fully saturated rings. The van der Waals surface area contributed by atoms with E-state index < -0.39 is 0 Å². The van der Waals surface area contributed by atoms with Crippen molar-refractivity contribution in [1.29, 1.82) is 0 Å². The molecule has 2 rings (SSSR count). The number of carbonyl (C=O) groups excluding carboxylic acids is 1. The van der Waals surface area contributed by atoms with Crippen molar-refractivity contribution in [1.82, 2.24) is 20.0 Å². The predicted molar refractivity (Wildman–Crippen MR) is 87.6 cm³/mol. The van der Waals surface area contributed by atoms with E-state index in [1.165, 1.54) is 11.1 Å². The fraction of sp³-hybridized carbons (Fsp3) is 0.412. The number of amides is 1. The summed E-state index contributed by atoms with van der Waals surface area (Å²) < 4.78 is 1.66. The highest BCUT2D eigenvalue weighted by Crippen LogP contribution is 2.20. The summed E-state index contributed by atoms with van der Waals surface area (Å²) in [6.07, 6.45) is 3.62. The fourth-order valence-corrected chi connectivity index (χ4v) is 2.50. The molecule has 0 saturated heterocycles. The lowest BCUT2D eigenvalue weighted by Crippen LogP contribution is -2.36. The summed E-state index contributed by atoms with van der Waals surface area (Å²) in [5.41, 5.74) is 3.53. The molecule has 1 N–H and O–H groups in total. The van der Waals surface area contributed by atoms with Gasteiger partial charge < -0.3 is 10.2 Å². The van der Waals surface area contributed by atoms with E-state index in [0.29, 0.717) is 6.54 Å². The van der Waals surface area contributed by atoms with Gasteiger partial charge in [0.2, 0.25) is 5.91 Å². The molecule has 1 aromatic heterocycles. The van der Waals surface area contributed by atoms with Crippen LogP contribution in [0.4, 0.5) is 0 Å². The summed E-state index contributed by atoms with van der Waals surface area (Å²) in [5.74, 6) is -0.0245. The first-order chi connectivity index (χ1) is 10.5. The first-order valence-corrected chi connectivity index (χ1v) is 7.45. The van der Waals surface area contributed by atoms with Crippen molar-refractivity contribution in [2.75, 3.05) is 20.6 Å². The van der Waals surface area contributed by atoms with Gasteiger partial charge in [0.25, 0.3) is 0 Å². The predicted octanol–water partition coefficient (Wildman–Crippen LogP) is 1.92. The zero-order valence-electron chi connectivity index (χ0n) is 13.7. The van der Waals surface area contributed by atoms with Crippen LogP contribution in [0.15, 0.2) is 36.7 Å². The lowest BCUT2D eigenvalue weighted by atomic mass is 10.0. The smallest absolute Gasteiger partial charge is 0.241 e. The van der Waals surface area contributed by atoms with E-state index in [1.807, 2.05) is 39.3 Å². The van der Waals surface area contributed by atoms with Crippen molar-refractivity contribution in [3.05, 3.63) is 53.3 Å². The van der Waals surface area contributed by atoms with Gasteiger partial charge in [0.1, 0.15) is 6.54 Å². The van der Waals surface area contributed by atoms with Crippen LogP contribution in [0.5, 0.6) is 0 Å². The Hall–Kier alpha value is -2.14. The van der Waals surface area contributed by atoms with Gasteiger partial charge >= 0.3 is 0 Å². The minimum absolute atomic E-state index is 0.0245. The fourth-order valence-electron chi connectivity index (χ4n) is 2.50. The number of rotatable bonds is 6. The van der Waals surface area contributed by atoms with Crippen molar-refractivity contribution < 1.29 is 4.79 Å². The Morgan fingerprint density at radius 2 is 2.05 bits per heavy atom. The zero-order chi connectivity index (χ0) is 16.1. The zero-order valence-corrected chi connectivity index (χ0v) is 13.7. The molecular weight excluding hydrogens is 276 g/mol. The number of carbonyl (C=O) groups is 1. The molecule has 0 radical (unpaired) electrons. The maximum absolute atomic E-state index is 12.1. The average molecular weight is 300 g/mol. The summed E-state index contributed by atoms with van der Waals surface area (Å²) in [6.45, 7) is 4.89. The van der Waals surface area contributed by atoms with E-state index in [9.17, 15) is 4.79 Å². The van der Waals surface area contributed by atoms with Crippen LogP contribution in [0.25, 0.3) is 0 Å². The Morgan fingerprint density at radius 3 is 2.64 bits per heavy atom. The van der Waals surface area contributed by atoms with Crippen molar-refractivity contribution in [3.63, 3.8) is 0 Å². The standard InChI is InChI=1S/C17H24N4O/c1-13-9-19-21(11-13)12-17(22)18-10-16(20(3)4)15-8-6-5-7-14(15)2/h5-9,11,16H,10,12H2,1-4H3,(H,18,22). The quantitative estimate of drug-likeness (QED) is 0.887. The minimum Gasteiger partial charge on any atom is -0.353 e. The molecule has 0 aliphatic rings. The van der Waals surface area contributed by atoms with Gasteiger partial charge in [-0.25, -0.2) is 0 Å². The Kier molecular flexibility index (Phi) is 5.33. The second kappa shape index (κ2) is 7.22. The van der Waals surface area contributed by atoms with Gasteiger partial charge in [-0.1, -0.05) is 24.3 Å². The van der Waals surface area contributed by atoms with Gasteiger partial charge in [-0.15, -0.1) is 0 Å². The highest BCUT2D eigenvalue weighted by Gasteiger charge is 2.17. The highest BCUT2D eigenvalue weighted by atomic mass is 16.2. The number of benzene rings is 1. The molecular formula is C17H24N4O. The minimum atomic E-state index is -0.0245. The molecule has 0 aliphatic heterocycles. The van der Waals surface area contributed by atoms with E-state index in [-0.39, 0.29) is 18.5 Å². The third-order valence-electron chi connectivity index (χ3n) is 3.73. The van der Waals surface area contributed by atoms with Gasteiger partial charge in [0.15, 0.2) is 0 Å². The van der Waals surface area contributed by atoms with Gasteiger partial charge in [0.05, 0.1) is 12.2 Å². The lowest BCUT2D eigenvalue weighted by molar-refractivity contribution is -0.122. The van der Waals surface area contributed by atoms with Crippen molar-refractivity contribution >= 4 is 5.91 Å². The summed E-state index contributed by atoms with van der Waals surface area (Å²) in [5, 5.41) is 7.14. The molecule has 0 aliphatic carbocycles. The number of hydrogen-bond acceptors (Lipinski definition) is 3. The molecule has 22 heavy (non-hydrogen) atoms. The largest absolute Gasteiger partial charge is 0.353 e. The molecule has 1 amide bonds. The molecule has 1 heterocycles. The molecule has 1 atom stereocenters. The summed E-state index contributed by atoms with van der Waals surface area (Å²) in [6, 6.07) is 8.44. The molecule has 1 aromatic carbocycles. The first kappa shape index (κ1) is 16.2. The monoisotopic (exact) mass is 300 g/mol. The number of hydrogen-bond donors (Lipinski definition) is 1. The van der Waals surface area contributed by atoms with Crippen LogP contribution in [-0.2, 0) is 11.3 Å². The molecule has 5 heteroatoms.